The maximum Gasteiger partial charge on any atom is 0.252 e. The zero-order valence-electron chi connectivity index (χ0n) is 9.65. The minimum atomic E-state index is -3.47. The summed E-state index contributed by atoms with van der Waals surface area (Å²) in [4.78, 5) is 3.91. The van der Waals surface area contributed by atoms with Crippen LogP contribution in [0.25, 0.3) is 0 Å². The number of nitrogens with one attached hydrogen (secondary N) is 1. The zero-order valence-corrected chi connectivity index (χ0v) is 11.3. The van der Waals surface area contributed by atoms with Gasteiger partial charge in [0, 0.05) is 6.04 Å². The molecule has 16 heavy (non-hydrogen) atoms. The Balaban J connectivity index is 2.90. The normalized spacial score (nSPS) is 13.9. The Hall–Kier alpha value is -0.660. The van der Waals surface area contributed by atoms with Crippen LogP contribution in [0.15, 0.2) is 4.21 Å². The quantitative estimate of drug-likeness (QED) is 0.843. The van der Waals surface area contributed by atoms with Crippen LogP contribution in [-0.2, 0) is 10.0 Å². The van der Waals surface area contributed by atoms with Crippen LogP contribution in [0.1, 0.15) is 32.4 Å². The fraction of sp³-hybridized carbons (Fsp3) is 0.667. The summed E-state index contributed by atoms with van der Waals surface area (Å²) in [5.41, 5.74) is 5.94. The highest BCUT2D eigenvalue weighted by atomic mass is 32.2. The van der Waals surface area contributed by atoms with Crippen molar-refractivity contribution in [1.29, 1.82) is 0 Å². The van der Waals surface area contributed by atoms with E-state index in [1.807, 2.05) is 13.8 Å². The zero-order chi connectivity index (χ0) is 12.3. The molecular weight excluding hydrogens is 246 g/mol. The summed E-state index contributed by atoms with van der Waals surface area (Å²) in [7, 11) is -3.47. The molecule has 3 N–H and O–H groups in total. The van der Waals surface area contributed by atoms with Gasteiger partial charge in [0.1, 0.15) is 0 Å². The Labute approximate surface area is 100 Å². The van der Waals surface area contributed by atoms with Gasteiger partial charge in [-0.3, -0.25) is 0 Å². The van der Waals surface area contributed by atoms with E-state index < -0.39 is 10.0 Å². The third kappa shape index (κ3) is 3.16. The van der Waals surface area contributed by atoms with Crippen molar-refractivity contribution in [2.24, 2.45) is 0 Å². The molecule has 7 heteroatoms. The molecule has 0 aliphatic heterocycles. The first-order valence-electron chi connectivity index (χ1n) is 5.12. The van der Waals surface area contributed by atoms with Crippen molar-refractivity contribution in [3.63, 3.8) is 0 Å². The first-order chi connectivity index (χ1) is 7.36. The Kier molecular flexibility index (Phi) is 4.28. The number of aromatic nitrogens is 1. The third-order valence-corrected chi connectivity index (χ3v) is 5.28. The maximum absolute atomic E-state index is 12.0. The van der Waals surface area contributed by atoms with Crippen LogP contribution < -0.4 is 10.5 Å². The van der Waals surface area contributed by atoms with Crippen molar-refractivity contribution >= 4 is 26.5 Å². The highest BCUT2D eigenvalue weighted by Gasteiger charge is 2.22. The highest BCUT2D eigenvalue weighted by molar-refractivity contribution is 7.91. The molecule has 1 rings (SSSR count). The number of nitrogens with two attached hydrogens (primary N) is 1. The molecule has 0 aromatic carbocycles. The molecule has 0 aliphatic rings. The Morgan fingerprint density at radius 2 is 2.19 bits per heavy atom. The van der Waals surface area contributed by atoms with Crippen LogP contribution in [-0.4, -0.2) is 19.4 Å². The molecule has 1 aromatic heterocycles. The summed E-state index contributed by atoms with van der Waals surface area (Å²) in [6, 6.07) is -0.0716. The van der Waals surface area contributed by atoms with E-state index in [1.165, 1.54) is 0 Å². The van der Waals surface area contributed by atoms with Crippen molar-refractivity contribution in [3.8, 4) is 0 Å². The van der Waals surface area contributed by atoms with Crippen LogP contribution in [0.4, 0.5) is 5.13 Å². The molecule has 1 atom stereocenters. The number of nitrogen functional groups attached to an aromatic ring is 1. The smallest absolute Gasteiger partial charge is 0.252 e. The lowest BCUT2D eigenvalue weighted by molar-refractivity contribution is 0.545. The number of hydrogen-bond acceptors (Lipinski definition) is 5. The number of anilines is 1. The lowest BCUT2D eigenvalue weighted by atomic mass is 10.2. The third-order valence-electron chi connectivity index (χ3n) is 2.09. The summed E-state index contributed by atoms with van der Waals surface area (Å²) in [5, 5.41) is 0.279. The van der Waals surface area contributed by atoms with Gasteiger partial charge < -0.3 is 5.73 Å². The van der Waals surface area contributed by atoms with Gasteiger partial charge in [-0.25, -0.2) is 18.1 Å². The molecule has 1 aromatic rings. The van der Waals surface area contributed by atoms with Gasteiger partial charge in [0.15, 0.2) is 9.34 Å². The number of rotatable bonds is 5. The van der Waals surface area contributed by atoms with Crippen molar-refractivity contribution in [2.75, 3.05) is 5.73 Å². The number of nitrogens with zero attached hydrogens (tertiary/aromatic N) is 1. The molecule has 5 nitrogen and oxygen atoms in total. The molecule has 0 spiro atoms. The lowest BCUT2D eigenvalue weighted by Gasteiger charge is -2.12. The first kappa shape index (κ1) is 13.4. The van der Waals surface area contributed by atoms with E-state index in [2.05, 4.69) is 9.71 Å². The topological polar surface area (TPSA) is 85.1 Å². The molecule has 0 saturated heterocycles. The van der Waals surface area contributed by atoms with Crippen LogP contribution in [0, 0.1) is 6.92 Å². The average Bonchev–Trinajstić information content (AvgIpc) is 2.45. The SMILES string of the molecule is CCCC(C)NS(=O)(=O)c1sc(N)nc1C. The predicted molar refractivity (Wildman–Crippen MR) is 66.0 cm³/mol. The van der Waals surface area contributed by atoms with Crippen molar-refractivity contribution < 1.29 is 8.42 Å². The second kappa shape index (κ2) is 5.11. The van der Waals surface area contributed by atoms with E-state index in [0.717, 1.165) is 24.2 Å². The predicted octanol–water partition coefficient (Wildman–Crippen LogP) is 1.50. The van der Waals surface area contributed by atoms with Gasteiger partial charge in [0.05, 0.1) is 5.69 Å². The highest BCUT2D eigenvalue weighted by Crippen LogP contribution is 2.24. The fourth-order valence-corrected chi connectivity index (χ4v) is 4.06. The minimum absolute atomic E-state index is 0.0716. The van der Waals surface area contributed by atoms with Crippen LogP contribution in [0.3, 0.4) is 0 Å². The largest absolute Gasteiger partial charge is 0.375 e. The van der Waals surface area contributed by atoms with E-state index in [1.54, 1.807) is 6.92 Å². The fourth-order valence-electron chi connectivity index (χ4n) is 1.46. The molecule has 0 saturated carbocycles. The maximum atomic E-state index is 12.0. The second-order valence-electron chi connectivity index (χ2n) is 3.74. The Morgan fingerprint density at radius 1 is 1.56 bits per heavy atom. The molecule has 0 aliphatic carbocycles. The molecule has 1 heterocycles. The van der Waals surface area contributed by atoms with Crippen LogP contribution in [0.5, 0.6) is 0 Å². The molecular formula is C9H17N3O2S2. The van der Waals surface area contributed by atoms with Crippen molar-refractivity contribution in [1.82, 2.24) is 9.71 Å². The number of hydrogen-bond donors (Lipinski definition) is 2. The second-order valence-corrected chi connectivity index (χ2v) is 6.68. The van der Waals surface area contributed by atoms with Crippen LogP contribution >= 0.6 is 11.3 Å². The van der Waals surface area contributed by atoms with E-state index in [9.17, 15) is 8.42 Å². The van der Waals surface area contributed by atoms with Gasteiger partial charge >= 0.3 is 0 Å². The van der Waals surface area contributed by atoms with Crippen molar-refractivity contribution in [3.05, 3.63) is 5.69 Å². The van der Waals surface area contributed by atoms with Crippen molar-refractivity contribution in [2.45, 2.75) is 43.9 Å². The monoisotopic (exact) mass is 263 g/mol. The molecule has 0 radical (unpaired) electrons. The molecule has 1 unspecified atom stereocenters. The van der Waals surface area contributed by atoms with Gasteiger partial charge in [-0.1, -0.05) is 24.7 Å². The summed E-state index contributed by atoms with van der Waals surface area (Å²) >= 11 is 0.998. The summed E-state index contributed by atoms with van der Waals surface area (Å²) in [6.45, 7) is 5.51. The average molecular weight is 263 g/mol. The van der Waals surface area contributed by atoms with E-state index >= 15 is 0 Å². The summed E-state index contributed by atoms with van der Waals surface area (Å²) < 4.78 is 26.7. The number of sulfonamides is 1. The van der Waals surface area contributed by atoms with Gasteiger partial charge in [-0.05, 0) is 20.3 Å². The number of thiazole rings is 1. The van der Waals surface area contributed by atoms with E-state index in [0.29, 0.717) is 5.69 Å². The standard InChI is InChI=1S/C9H17N3O2S2/c1-4-5-6(2)12-16(13,14)8-7(3)11-9(10)15-8/h6,12H,4-5H2,1-3H3,(H2,10,11). The summed E-state index contributed by atoms with van der Waals surface area (Å²) in [5.74, 6) is 0. The summed E-state index contributed by atoms with van der Waals surface area (Å²) in [6.07, 6.45) is 1.75. The Morgan fingerprint density at radius 3 is 2.62 bits per heavy atom. The van der Waals surface area contributed by atoms with Gasteiger partial charge in [0.2, 0.25) is 0 Å². The first-order valence-corrected chi connectivity index (χ1v) is 7.42. The van der Waals surface area contributed by atoms with Gasteiger partial charge in [-0.15, -0.1) is 0 Å². The van der Waals surface area contributed by atoms with E-state index in [-0.39, 0.29) is 15.4 Å². The van der Waals surface area contributed by atoms with E-state index in [4.69, 9.17) is 5.73 Å². The molecule has 0 bridgehead atoms. The van der Waals surface area contributed by atoms with Gasteiger partial charge in [0.25, 0.3) is 10.0 Å². The van der Waals surface area contributed by atoms with Gasteiger partial charge in [-0.2, -0.15) is 0 Å². The number of aryl methyl sites for hydroxylation is 1. The lowest BCUT2D eigenvalue weighted by Crippen LogP contribution is -2.32. The minimum Gasteiger partial charge on any atom is -0.375 e. The van der Waals surface area contributed by atoms with Crippen LogP contribution in [0.2, 0.25) is 0 Å². The Bertz CT molecular complexity index is 453. The molecule has 0 fully saturated rings. The molecule has 92 valence electrons. The molecule has 0 amide bonds.